The number of nitrogens with one attached hydrogen (secondary N) is 1. The maximum absolute atomic E-state index is 6.15. The van der Waals surface area contributed by atoms with E-state index in [0.29, 0.717) is 16.7 Å². The van der Waals surface area contributed by atoms with Gasteiger partial charge in [-0.1, -0.05) is 36.0 Å². The molecule has 0 fully saturated rings. The molecule has 0 saturated heterocycles. The maximum atomic E-state index is 6.15. The molecule has 7 heteroatoms. The van der Waals surface area contributed by atoms with E-state index in [1.54, 1.807) is 11.3 Å². The number of hydrogen-bond donors (Lipinski definition) is 1. The third kappa shape index (κ3) is 2.88. The summed E-state index contributed by atoms with van der Waals surface area (Å²) in [6.07, 6.45) is 1.50. The summed E-state index contributed by atoms with van der Waals surface area (Å²) in [5.41, 5.74) is 3.60. The minimum absolute atomic E-state index is 0.312. The molecular formula is C17H14N4OS2. The number of fused-ring (bicyclic) bond motifs is 3. The lowest BCUT2D eigenvalue weighted by Gasteiger charge is -2.17. The third-order valence-corrected chi connectivity index (χ3v) is 5.04. The highest BCUT2D eigenvalue weighted by atomic mass is 32.2. The van der Waals surface area contributed by atoms with E-state index in [1.165, 1.54) is 11.8 Å². The van der Waals surface area contributed by atoms with E-state index in [4.69, 9.17) is 4.74 Å². The molecule has 3 heterocycles. The molecule has 0 saturated carbocycles. The van der Waals surface area contributed by atoms with Crippen LogP contribution in [0, 0.1) is 0 Å². The zero-order chi connectivity index (χ0) is 16.4. The molecule has 1 aliphatic heterocycles. The quantitative estimate of drug-likeness (QED) is 0.554. The molecule has 0 radical (unpaired) electrons. The van der Waals surface area contributed by atoms with E-state index in [1.807, 2.05) is 41.8 Å². The number of rotatable bonds is 4. The number of anilines is 1. The summed E-state index contributed by atoms with van der Waals surface area (Å²) in [5, 5.41) is 16.7. The Kier molecular flexibility index (Phi) is 4.18. The average molecular weight is 354 g/mol. The van der Waals surface area contributed by atoms with E-state index in [0.717, 1.165) is 22.6 Å². The van der Waals surface area contributed by atoms with E-state index in [-0.39, 0.29) is 6.23 Å². The number of para-hydroxylation sites is 1. The molecule has 2 aromatic heterocycles. The molecule has 1 aliphatic rings. The van der Waals surface area contributed by atoms with Crippen LogP contribution < -0.4 is 10.1 Å². The Morgan fingerprint density at radius 1 is 1.29 bits per heavy atom. The summed E-state index contributed by atoms with van der Waals surface area (Å²) in [6, 6.07) is 9.99. The van der Waals surface area contributed by atoms with Crippen LogP contribution in [0.3, 0.4) is 0 Å². The molecule has 0 amide bonds. The van der Waals surface area contributed by atoms with E-state index >= 15 is 0 Å². The van der Waals surface area contributed by atoms with Crippen LogP contribution in [-0.2, 0) is 0 Å². The first-order chi connectivity index (χ1) is 11.8. The molecule has 5 nitrogen and oxygen atoms in total. The normalized spacial score (nSPS) is 15.4. The number of thiophene rings is 1. The van der Waals surface area contributed by atoms with Crippen molar-refractivity contribution in [2.45, 2.75) is 11.4 Å². The standard InChI is InChI=1S/C17H14N4OS2/c1-2-8-24-17-19-16-14(20-21-17)12-5-3-4-6-13(12)18-15(22-16)11-7-9-23-10-11/h2-7,9-10,15,18H,1,8H2/t15-/m1/s1. The number of thioether (sulfide) groups is 1. The van der Waals surface area contributed by atoms with Gasteiger partial charge in [0.25, 0.3) is 0 Å². The van der Waals surface area contributed by atoms with Gasteiger partial charge in [-0.05, 0) is 22.9 Å². The first kappa shape index (κ1) is 15.2. The van der Waals surface area contributed by atoms with Crippen LogP contribution in [-0.4, -0.2) is 20.9 Å². The second-order valence-corrected chi connectivity index (χ2v) is 6.86. The van der Waals surface area contributed by atoms with Gasteiger partial charge < -0.3 is 10.1 Å². The summed E-state index contributed by atoms with van der Waals surface area (Å²) in [4.78, 5) is 4.55. The second kappa shape index (κ2) is 6.62. The molecule has 0 spiro atoms. The molecule has 1 atom stereocenters. The van der Waals surface area contributed by atoms with Crippen LogP contribution in [0.15, 0.2) is 58.9 Å². The van der Waals surface area contributed by atoms with Gasteiger partial charge in [0.15, 0.2) is 11.9 Å². The van der Waals surface area contributed by atoms with Gasteiger partial charge >= 0.3 is 0 Å². The molecule has 3 aromatic rings. The number of hydrogen-bond acceptors (Lipinski definition) is 7. The van der Waals surface area contributed by atoms with Crippen molar-refractivity contribution >= 4 is 28.8 Å². The second-order valence-electron chi connectivity index (χ2n) is 5.09. The Hall–Kier alpha value is -2.38. The maximum Gasteiger partial charge on any atom is 0.247 e. The molecule has 24 heavy (non-hydrogen) atoms. The monoisotopic (exact) mass is 354 g/mol. The zero-order valence-corrected chi connectivity index (χ0v) is 14.3. The number of nitrogens with zero attached hydrogens (tertiary/aromatic N) is 3. The van der Waals surface area contributed by atoms with Crippen molar-refractivity contribution in [2.24, 2.45) is 0 Å². The fourth-order valence-electron chi connectivity index (χ4n) is 2.42. The summed E-state index contributed by atoms with van der Waals surface area (Å²) in [7, 11) is 0. The Morgan fingerprint density at radius 3 is 3.04 bits per heavy atom. The van der Waals surface area contributed by atoms with Gasteiger partial charge in [-0.2, -0.15) is 16.3 Å². The van der Waals surface area contributed by atoms with E-state index in [9.17, 15) is 0 Å². The Bertz CT molecular complexity index is 867. The van der Waals surface area contributed by atoms with Gasteiger partial charge in [0, 0.05) is 22.6 Å². The van der Waals surface area contributed by atoms with Gasteiger partial charge in [0.1, 0.15) is 0 Å². The highest BCUT2D eigenvalue weighted by molar-refractivity contribution is 7.99. The third-order valence-electron chi connectivity index (χ3n) is 3.51. The highest BCUT2D eigenvalue weighted by Gasteiger charge is 2.26. The summed E-state index contributed by atoms with van der Waals surface area (Å²) in [5.74, 6) is 1.22. The first-order valence-electron chi connectivity index (χ1n) is 7.38. The van der Waals surface area contributed by atoms with Crippen molar-refractivity contribution in [3.05, 3.63) is 59.3 Å². The van der Waals surface area contributed by atoms with Crippen LogP contribution in [0.1, 0.15) is 11.8 Å². The molecule has 0 aliphatic carbocycles. The van der Waals surface area contributed by atoms with Crippen LogP contribution in [0.5, 0.6) is 5.88 Å². The smallest absolute Gasteiger partial charge is 0.247 e. The molecule has 120 valence electrons. The molecule has 1 aromatic carbocycles. The SMILES string of the molecule is C=CCSc1nnc2c(n1)O[C@H](c1ccsc1)Nc1ccccc1-2. The van der Waals surface area contributed by atoms with Gasteiger partial charge in [-0.25, -0.2) is 0 Å². The fourth-order valence-corrected chi connectivity index (χ4v) is 3.60. The van der Waals surface area contributed by atoms with E-state index in [2.05, 4.69) is 32.5 Å². The predicted octanol–water partition coefficient (Wildman–Crippen LogP) is 4.38. The lowest BCUT2D eigenvalue weighted by atomic mass is 10.1. The summed E-state index contributed by atoms with van der Waals surface area (Å²) in [6.45, 7) is 3.72. The molecule has 4 rings (SSSR count). The van der Waals surface area contributed by atoms with Crippen molar-refractivity contribution in [3.8, 4) is 17.1 Å². The largest absolute Gasteiger partial charge is 0.448 e. The van der Waals surface area contributed by atoms with Crippen LogP contribution in [0.4, 0.5) is 5.69 Å². The van der Waals surface area contributed by atoms with Crippen molar-refractivity contribution in [1.82, 2.24) is 15.2 Å². The van der Waals surface area contributed by atoms with Gasteiger partial charge in [0.2, 0.25) is 11.0 Å². The lowest BCUT2D eigenvalue weighted by molar-refractivity contribution is 0.225. The summed E-state index contributed by atoms with van der Waals surface area (Å²) < 4.78 is 6.15. The molecule has 0 bridgehead atoms. The Morgan fingerprint density at radius 2 is 2.21 bits per heavy atom. The van der Waals surface area contributed by atoms with Crippen molar-refractivity contribution < 1.29 is 4.74 Å². The minimum Gasteiger partial charge on any atom is -0.448 e. The molecule has 1 N–H and O–H groups in total. The summed E-state index contributed by atoms with van der Waals surface area (Å²) >= 11 is 3.11. The van der Waals surface area contributed by atoms with Gasteiger partial charge in [-0.15, -0.1) is 16.8 Å². The lowest BCUT2D eigenvalue weighted by Crippen LogP contribution is -2.16. The van der Waals surface area contributed by atoms with Crippen molar-refractivity contribution in [3.63, 3.8) is 0 Å². The van der Waals surface area contributed by atoms with E-state index < -0.39 is 0 Å². The first-order valence-corrected chi connectivity index (χ1v) is 9.31. The predicted molar refractivity (Wildman–Crippen MR) is 97.5 cm³/mol. The Balaban J connectivity index is 1.80. The van der Waals surface area contributed by atoms with Crippen LogP contribution in [0.2, 0.25) is 0 Å². The topological polar surface area (TPSA) is 59.9 Å². The van der Waals surface area contributed by atoms with Crippen molar-refractivity contribution in [1.29, 1.82) is 0 Å². The van der Waals surface area contributed by atoms with Crippen LogP contribution >= 0.6 is 23.1 Å². The fraction of sp³-hybridized carbons (Fsp3) is 0.118. The number of ether oxygens (including phenoxy) is 1. The number of benzene rings is 1. The minimum atomic E-state index is -0.312. The molecule has 0 unspecified atom stereocenters. The Labute approximate surface area is 147 Å². The van der Waals surface area contributed by atoms with Crippen molar-refractivity contribution in [2.75, 3.05) is 11.1 Å². The average Bonchev–Trinajstić information content (AvgIpc) is 3.09. The number of aromatic nitrogens is 3. The zero-order valence-electron chi connectivity index (χ0n) is 12.7. The molecular weight excluding hydrogens is 340 g/mol. The van der Waals surface area contributed by atoms with Crippen LogP contribution in [0.25, 0.3) is 11.3 Å². The van der Waals surface area contributed by atoms with Gasteiger partial charge in [0.05, 0.1) is 0 Å². The highest BCUT2D eigenvalue weighted by Crippen LogP contribution is 2.39. The van der Waals surface area contributed by atoms with Gasteiger partial charge in [-0.3, -0.25) is 0 Å².